The van der Waals surface area contributed by atoms with Crippen molar-refractivity contribution in [3.05, 3.63) is 64.2 Å². The number of aromatic nitrogens is 3. The lowest BCUT2D eigenvalue weighted by atomic mass is 10.1. The Balaban J connectivity index is 1.58. The van der Waals surface area contributed by atoms with Crippen molar-refractivity contribution in [2.24, 2.45) is 0 Å². The molecule has 0 N–H and O–H groups in total. The minimum absolute atomic E-state index is 0.335. The van der Waals surface area contributed by atoms with Gasteiger partial charge in [-0.15, -0.1) is 5.10 Å². The normalized spacial score (nSPS) is 17.9. The number of benzene rings is 1. The summed E-state index contributed by atoms with van der Waals surface area (Å²) in [6.07, 6.45) is 5.99. The lowest BCUT2D eigenvalue weighted by Gasteiger charge is -2.23. The molecular formula is C18H17ClN4OS. The molecule has 3 heterocycles. The molecule has 2 aromatic heterocycles. The molecule has 1 aliphatic heterocycles. The van der Waals surface area contributed by atoms with Gasteiger partial charge in [-0.25, -0.2) is 4.68 Å². The summed E-state index contributed by atoms with van der Waals surface area (Å²) >= 11 is 11.4. The summed E-state index contributed by atoms with van der Waals surface area (Å²) in [4.78, 5) is 6.97. The minimum Gasteiger partial charge on any atom is -0.409 e. The second-order valence-corrected chi connectivity index (χ2v) is 6.87. The lowest BCUT2D eigenvalue weighted by Crippen LogP contribution is -2.26. The average Bonchev–Trinajstić information content (AvgIpc) is 3.23. The van der Waals surface area contributed by atoms with E-state index in [1.165, 1.54) is 5.56 Å². The van der Waals surface area contributed by atoms with Gasteiger partial charge in [0.25, 0.3) is 4.84 Å². The summed E-state index contributed by atoms with van der Waals surface area (Å²) in [6, 6.07) is 11.8. The second kappa shape index (κ2) is 7.07. The van der Waals surface area contributed by atoms with E-state index in [-0.39, 0.29) is 0 Å². The second-order valence-electron chi connectivity index (χ2n) is 6.08. The number of rotatable bonds is 4. The predicted molar refractivity (Wildman–Crippen MR) is 98.7 cm³/mol. The summed E-state index contributed by atoms with van der Waals surface area (Å²) in [5.41, 5.74) is 2.05. The molecule has 1 fully saturated rings. The van der Waals surface area contributed by atoms with Crippen LogP contribution in [0.1, 0.15) is 24.4 Å². The van der Waals surface area contributed by atoms with Gasteiger partial charge in [0, 0.05) is 35.6 Å². The third kappa shape index (κ3) is 3.51. The van der Waals surface area contributed by atoms with Gasteiger partial charge in [0.1, 0.15) is 0 Å². The first-order valence-electron chi connectivity index (χ1n) is 8.18. The summed E-state index contributed by atoms with van der Waals surface area (Å²) in [5.74, 6) is 0.490. The molecule has 0 radical (unpaired) electrons. The van der Waals surface area contributed by atoms with E-state index in [1.54, 1.807) is 10.9 Å². The van der Waals surface area contributed by atoms with Gasteiger partial charge in [-0.05, 0) is 54.9 Å². The van der Waals surface area contributed by atoms with Gasteiger partial charge >= 0.3 is 0 Å². The number of hydrogen-bond acceptors (Lipinski definition) is 5. The van der Waals surface area contributed by atoms with Crippen molar-refractivity contribution < 1.29 is 4.42 Å². The average molecular weight is 373 g/mol. The van der Waals surface area contributed by atoms with Crippen molar-refractivity contribution in [3.63, 3.8) is 0 Å². The van der Waals surface area contributed by atoms with Crippen molar-refractivity contribution in [1.29, 1.82) is 0 Å². The molecule has 1 aromatic carbocycles. The van der Waals surface area contributed by atoms with Crippen molar-refractivity contribution in [2.75, 3.05) is 6.54 Å². The molecule has 7 heteroatoms. The van der Waals surface area contributed by atoms with E-state index in [1.807, 2.05) is 36.5 Å². The maximum atomic E-state index is 6.05. The third-order valence-electron chi connectivity index (χ3n) is 4.43. The molecule has 5 nitrogen and oxygen atoms in total. The molecule has 0 bridgehead atoms. The number of nitrogens with zero attached hydrogens (tertiary/aromatic N) is 4. The third-order valence-corrected chi connectivity index (χ3v) is 4.96. The Morgan fingerprint density at radius 3 is 3.00 bits per heavy atom. The number of likely N-dealkylation sites (tertiary alicyclic amines) is 1. The Morgan fingerprint density at radius 2 is 2.20 bits per heavy atom. The molecule has 0 amide bonds. The summed E-state index contributed by atoms with van der Waals surface area (Å²) < 4.78 is 7.41. The Bertz CT molecular complexity index is 924. The van der Waals surface area contributed by atoms with E-state index in [9.17, 15) is 0 Å². The van der Waals surface area contributed by atoms with Gasteiger partial charge < -0.3 is 4.42 Å². The highest BCUT2D eigenvalue weighted by Gasteiger charge is 2.27. The van der Waals surface area contributed by atoms with Crippen LogP contribution in [0.4, 0.5) is 0 Å². The largest absolute Gasteiger partial charge is 0.409 e. The van der Waals surface area contributed by atoms with Crippen LogP contribution in [0.2, 0.25) is 5.02 Å². The van der Waals surface area contributed by atoms with Crippen LogP contribution in [0.3, 0.4) is 0 Å². The van der Waals surface area contributed by atoms with Gasteiger partial charge in [0.15, 0.2) is 0 Å². The van der Waals surface area contributed by atoms with E-state index in [4.69, 9.17) is 28.2 Å². The first kappa shape index (κ1) is 16.4. The van der Waals surface area contributed by atoms with Crippen LogP contribution in [0.25, 0.3) is 11.5 Å². The maximum Gasteiger partial charge on any atom is 0.288 e. The van der Waals surface area contributed by atoms with Crippen molar-refractivity contribution in [2.45, 2.75) is 25.6 Å². The van der Waals surface area contributed by atoms with E-state index in [0.717, 1.165) is 24.9 Å². The lowest BCUT2D eigenvalue weighted by molar-refractivity contribution is 0.187. The number of hydrogen-bond donors (Lipinski definition) is 0. The van der Waals surface area contributed by atoms with Gasteiger partial charge in [-0.3, -0.25) is 9.88 Å². The van der Waals surface area contributed by atoms with Crippen LogP contribution in [0.5, 0.6) is 0 Å². The smallest absolute Gasteiger partial charge is 0.288 e. The Labute approximate surface area is 155 Å². The van der Waals surface area contributed by atoms with Gasteiger partial charge in [0.2, 0.25) is 5.89 Å². The fraction of sp³-hybridized carbons (Fsp3) is 0.278. The van der Waals surface area contributed by atoms with E-state index < -0.39 is 0 Å². The quantitative estimate of drug-likeness (QED) is 0.620. The molecule has 4 rings (SSSR count). The van der Waals surface area contributed by atoms with Crippen molar-refractivity contribution >= 4 is 23.8 Å². The first-order valence-corrected chi connectivity index (χ1v) is 8.97. The molecule has 1 saturated heterocycles. The summed E-state index contributed by atoms with van der Waals surface area (Å²) in [6.45, 7) is 1.60. The molecule has 128 valence electrons. The SMILES string of the molecule is S=c1oc(-c2cccc(Cl)c2)nn1CN1CCCC1c1cccnc1. The van der Waals surface area contributed by atoms with Gasteiger partial charge in [-0.2, -0.15) is 0 Å². The zero-order chi connectivity index (χ0) is 17.2. The van der Waals surface area contributed by atoms with E-state index in [2.05, 4.69) is 21.0 Å². The molecular weight excluding hydrogens is 356 g/mol. The van der Waals surface area contributed by atoms with Crippen LogP contribution >= 0.6 is 23.8 Å². The van der Waals surface area contributed by atoms with Gasteiger partial charge in [0.05, 0.1) is 6.67 Å². The molecule has 0 aliphatic carbocycles. The van der Waals surface area contributed by atoms with E-state index >= 15 is 0 Å². The summed E-state index contributed by atoms with van der Waals surface area (Å²) in [7, 11) is 0. The summed E-state index contributed by atoms with van der Waals surface area (Å²) in [5, 5.41) is 5.19. The molecule has 1 atom stereocenters. The standard InChI is InChI=1S/C18H17ClN4OS/c19-15-6-1-4-13(10-15)17-21-23(18(25)24-17)12-22-9-3-7-16(22)14-5-2-8-20-11-14/h1-2,4-6,8,10-11,16H,3,7,9,12H2. The first-order chi connectivity index (χ1) is 12.2. The highest BCUT2D eigenvalue weighted by Crippen LogP contribution is 2.32. The molecule has 1 unspecified atom stereocenters. The van der Waals surface area contributed by atoms with Crippen LogP contribution in [-0.2, 0) is 6.67 Å². The van der Waals surface area contributed by atoms with Crippen LogP contribution in [0, 0.1) is 4.84 Å². The molecule has 3 aromatic rings. The van der Waals surface area contributed by atoms with E-state index in [0.29, 0.717) is 28.5 Å². The van der Waals surface area contributed by atoms with Crippen molar-refractivity contribution in [1.82, 2.24) is 19.7 Å². The van der Waals surface area contributed by atoms with Crippen LogP contribution in [-0.4, -0.2) is 26.2 Å². The van der Waals surface area contributed by atoms with Crippen LogP contribution in [0.15, 0.2) is 53.2 Å². The highest BCUT2D eigenvalue weighted by molar-refractivity contribution is 7.71. The Kier molecular flexibility index (Phi) is 4.65. The number of pyridine rings is 1. The molecule has 0 spiro atoms. The zero-order valence-electron chi connectivity index (χ0n) is 13.5. The molecule has 1 aliphatic rings. The molecule has 0 saturated carbocycles. The van der Waals surface area contributed by atoms with Gasteiger partial charge in [-0.1, -0.05) is 23.7 Å². The zero-order valence-corrected chi connectivity index (χ0v) is 15.1. The fourth-order valence-electron chi connectivity index (χ4n) is 3.25. The maximum absolute atomic E-state index is 6.05. The van der Waals surface area contributed by atoms with Crippen LogP contribution < -0.4 is 0 Å². The Hall–Kier alpha value is -2.02. The monoisotopic (exact) mass is 372 g/mol. The fourth-order valence-corrected chi connectivity index (χ4v) is 3.62. The van der Waals surface area contributed by atoms with Crippen molar-refractivity contribution in [3.8, 4) is 11.5 Å². The Morgan fingerprint density at radius 1 is 1.28 bits per heavy atom. The predicted octanol–water partition coefficient (Wildman–Crippen LogP) is 4.72. The number of halogens is 1. The minimum atomic E-state index is 0.335. The highest BCUT2D eigenvalue weighted by atomic mass is 35.5. The molecule has 25 heavy (non-hydrogen) atoms. The topological polar surface area (TPSA) is 47.1 Å².